The number of benzene rings is 1. The highest BCUT2D eigenvalue weighted by Gasteiger charge is 2.25. The fourth-order valence-corrected chi connectivity index (χ4v) is 4.31. The second-order valence-electron chi connectivity index (χ2n) is 8.70. The van der Waals surface area contributed by atoms with Gasteiger partial charge in [-0.3, -0.25) is 0 Å². The Bertz CT molecular complexity index is 725. The maximum Gasteiger partial charge on any atom is 0.175 e. The van der Waals surface area contributed by atoms with Crippen LogP contribution < -0.4 is 5.32 Å². The number of allylic oxidation sites excluding steroid dienone is 1. The molecule has 0 spiro atoms. The first-order valence-corrected chi connectivity index (χ1v) is 11.7. The Morgan fingerprint density at radius 3 is 2.33 bits per heavy atom. The third kappa shape index (κ3) is 7.05. The normalized spacial score (nSPS) is 17.5. The number of sulfone groups is 1. The summed E-state index contributed by atoms with van der Waals surface area (Å²) in [4.78, 5) is 0.376. The largest absolute Gasteiger partial charge is 0.381 e. The van der Waals surface area contributed by atoms with Crippen molar-refractivity contribution in [3.63, 3.8) is 0 Å². The van der Waals surface area contributed by atoms with Crippen LogP contribution in [0.15, 0.2) is 40.8 Å². The lowest BCUT2D eigenvalue weighted by molar-refractivity contribution is 0.0656. The number of nitrogens with one attached hydrogen (secondary N) is 1. The summed E-state index contributed by atoms with van der Waals surface area (Å²) in [5.74, 6) is 0.684. The lowest BCUT2D eigenvalue weighted by atomic mass is 9.78. The average molecular weight is 394 g/mol. The predicted octanol–water partition coefficient (Wildman–Crippen LogP) is 4.11. The van der Waals surface area contributed by atoms with Crippen molar-refractivity contribution in [2.24, 2.45) is 5.92 Å². The fraction of sp³-hybridized carbons (Fsp3) is 0.636. The second-order valence-corrected chi connectivity index (χ2v) is 10.7. The molecule has 2 rings (SSSR count). The van der Waals surface area contributed by atoms with Crippen molar-refractivity contribution in [2.45, 2.75) is 63.3 Å². The van der Waals surface area contributed by atoms with E-state index >= 15 is 0 Å². The average Bonchev–Trinajstić information content (AvgIpc) is 2.59. The second kappa shape index (κ2) is 9.35. The van der Waals surface area contributed by atoms with Gasteiger partial charge in [-0.1, -0.05) is 37.6 Å². The van der Waals surface area contributed by atoms with E-state index in [4.69, 9.17) is 4.74 Å². The molecule has 1 N–H and O–H groups in total. The molecule has 27 heavy (non-hydrogen) atoms. The first kappa shape index (κ1) is 22.1. The summed E-state index contributed by atoms with van der Waals surface area (Å²) >= 11 is 0. The number of hydrogen-bond donors (Lipinski definition) is 1. The van der Waals surface area contributed by atoms with Crippen LogP contribution in [0, 0.1) is 5.92 Å². The van der Waals surface area contributed by atoms with Crippen LogP contribution in [0.3, 0.4) is 0 Å². The molecule has 1 aromatic rings. The number of hydrogen-bond acceptors (Lipinski definition) is 4. The fourth-order valence-electron chi connectivity index (χ4n) is 3.68. The van der Waals surface area contributed by atoms with Crippen molar-refractivity contribution in [2.75, 3.05) is 26.0 Å². The van der Waals surface area contributed by atoms with Gasteiger partial charge in [0.05, 0.1) is 4.90 Å². The molecule has 152 valence electrons. The summed E-state index contributed by atoms with van der Waals surface area (Å²) in [6.45, 7) is 11.5. The van der Waals surface area contributed by atoms with Crippen LogP contribution in [0.1, 0.15) is 52.5 Å². The van der Waals surface area contributed by atoms with E-state index in [0.29, 0.717) is 16.9 Å². The van der Waals surface area contributed by atoms with Crippen molar-refractivity contribution in [1.82, 2.24) is 5.32 Å². The highest BCUT2D eigenvalue weighted by Crippen LogP contribution is 2.30. The maximum atomic E-state index is 11.7. The van der Waals surface area contributed by atoms with Crippen molar-refractivity contribution in [1.29, 1.82) is 0 Å². The van der Waals surface area contributed by atoms with Gasteiger partial charge in [0.25, 0.3) is 0 Å². The van der Waals surface area contributed by atoms with E-state index in [1.807, 2.05) is 12.1 Å². The van der Waals surface area contributed by atoms with Gasteiger partial charge in [0.15, 0.2) is 9.84 Å². The Labute approximate surface area is 165 Å². The zero-order chi connectivity index (χ0) is 20.1. The summed E-state index contributed by atoms with van der Waals surface area (Å²) in [5, 5.41) is 3.75. The number of rotatable bonds is 8. The molecule has 1 heterocycles. The van der Waals surface area contributed by atoms with E-state index in [9.17, 15) is 8.42 Å². The molecule has 0 aromatic heterocycles. The van der Waals surface area contributed by atoms with Crippen LogP contribution in [0.2, 0.25) is 0 Å². The van der Waals surface area contributed by atoms with Crippen molar-refractivity contribution in [3.05, 3.63) is 41.5 Å². The molecule has 1 atom stereocenters. The van der Waals surface area contributed by atoms with Gasteiger partial charge in [0, 0.05) is 25.5 Å². The first-order chi connectivity index (χ1) is 12.6. The highest BCUT2D eigenvalue weighted by molar-refractivity contribution is 7.90. The van der Waals surface area contributed by atoms with Crippen LogP contribution in [-0.4, -0.2) is 40.5 Å². The van der Waals surface area contributed by atoms with Crippen LogP contribution >= 0.6 is 0 Å². The van der Waals surface area contributed by atoms with Crippen molar-refractivity contribution in [3.8, 4) is 0 Å². The van der Waals surface area contributed by atoms with Gasteiger partial charge in [-0.25, -0.2) is 8.42 Å². The molecule has 0 aliphatic carbocycles. The third-order valence-corrected chi connectivity index (χ3v) is 6.47. The molecule has 1 saturated heterocycles. The van der Waals surface area contributed by atoms with E-state index in [-0.39, 0.29) is 5.41 Å². The molecule has 0 amide bonds. The minimum Gasteiger partial charge on any atom is -0.381 e. The van der Waals surface area contributed by atoms with Gasteiger partial charge < -0.3 is 10.1 Å². The molecule has 0 bridgehead atoms. The van der Waals surface area contributed by atoms with E-state index in [1.165, 1.54) is 11.8 Å². The van der Waals surface area contributed by atoms with E-state index in [2.05, 4.69) is 39.1 Å². The van der Waals surface area contributed by atoms with E-state index < -0.39 is 9.84 Å². The summed E-state index contributed by atoms with van der Waals surface area (Å²) in [6, 6.07) is 7.64. The molecule has 1 fully saturated rings. The smallest absolute Gasteiger partial charge is 0.175 e. The van der Waals surface area contributed by atoms with Gasteiger partial charge >= 0.3 is 0 Å². The van der Waals surface area contributed by atoms with Gasteiger partial charge in [-0.2, -0.15) is 0 Å². The molecule has 0 saturated carbocycles. The van der Waals surface area contributed by atoms with Crippen LogP contribution in [0.25, 0.3) is 0 Å². The standard InChI is InChI=1S/C22H35NO3S/c1-17(2)14-20(23-16-18-10-12-26-13-11-18)15-22(3,4)19-6-8-21(9-7-19)27(5,24)25/h6-9,14,18,20,23H,10-13,15-16H2,1-5H3. The van der Waals surface area contributed by atoms with Gasteiger partial charge in [0.2, 0.25) is 0 Å². The Morgan fingerprint density at radius 2 is 1.81 bits per heavy atom. The maximum absolute atomic E-state index is 11.7. The highest BCUT2D eigenvalue weighted by atomic mass is 32.2. The lowest BCUT2D eigenvalue weighted by Crippen LogP contribution is -2.38. The zero-order valence-electron chi connectivity index (χ0n) is 17.4. The Kier molecular flexibility index (Phi) is 7.66. The Balaban J connectivity index is 2.08. The molecule has 4 nitrogen and oxygen atoms in total. The van der Waals surface area contributed by atoms with Crippen molar-refractivity contribution >= 4 is 9.84 Å². The topological polar surface area (TPSA) is 55.4 Å². The molecular formula is C22H35NO3S. The van der Waals surface area contributed by atoms with E-state index in [1.54, 1.807) is 12.1 Å². The summed E-state index contributed by atoms with van der Waals surface area (Å²) < 4.78 is 28.9. The molecule has 1 aromatic carbocycles. The molecular weight excluding hydrogens is 358 g/mol. The molecule has 0 radical (unpaired) electrons. The first-order valence-electron chi connectivity index (χ1n) is 9.85. The van der Waals surface area contributed by atoms with Gasteiger partial charge in [0.1, 0.15) is 0 Å². The van der Waals surface area contributed by atoms with Gasteiger partial charge in [-0.05, 0) is 68.7 Å². The van der Waals surface area contributed by atoms with Gasteiger partial charge in [-0.15, -0.1) is 0 Å². The summed E-state index contributed by atoms with van der Waals surface area (Å²) in [7, 11) is -3.16. The molecule has 1 aliphatic heterocycles. The predicted molar refractivity (Wildman–Crippen MR) is 112 cm³/mol. The number of ether oxygens (including phenoxy) is 1. The Morgan fingerprint density at radius 1 is 1.22 bits per heavy atom. The summed E-state index contributed by atoms with van der Waals surface area (Å²) in [6.07, 6.45) is 6.78. The van der Waals surface area contributed by atoms with Crippen molar-refractivity contribution < 1.29 is 13.2 Å². The van der Waals surface area contributed by atoms with Crippen LogP contribution in [-0.2, 0) is 20.0 Å². The van der Waals surface area contributed by atoms with Crippen LogP contribution in [0.5, 0.6) is 0 Å². The van der Waals surface area contributed by atoms with Crippen LogP contribution in [0.4, 0.5) is 0 Å². The quantitative estimate of drug-likeness (QED) is 0.675. The lowest BCUT2D eigenvalue weighted by Gasteiger charge is -2.31. The monoisotopic (exact) mass is 393 g/mol. The molecule has 1 unspecified atom stereocenters. The minimum atomic E-state index is -3.16. The zero-order valence-corrected chi connectivity index (χ0v) is 18.2. The summed E-state index contributed by atoms with van der Waals surface area (Å²) in [5.41, 5.74) is 2.41. The molecule has 5 heteroatoms. The molecule has 1 aliphatic rings. The van der Waals surface area contributed by atoms with E-state index in [0.717, 1.165) is 44.6 Å². The third-order valence-electron chi connectivity index (χ3n) is 5.34. The Hall–Kier alpha value is -1.17. The minimum absolute atomic E-state index is 0.0602. The SMILES string of the molecule is CC(C)=CC(CC(C)(C)c1ccc(S(C)(=O)=O)cc1)NCC1CCOCC1.